The number of nitrogens with one attached hydrogen (secondary N) is 9. The first-order valence-corrected chi connectivity index (χ1v) is 29.6. The van der Waals surface area contributed by atoms with Gasteiger partial charge >= 0.3 is 0 Å². The number of amides is 10. The number of phenols is 1. The molecular weight excluding hydrogens is 1180 g/mol. The van der Waals surface area contributed by atoms with Crippen molar-refractivity contribution in [2.24, 2.45) is 83.0 Å². The van der Waals surface area contributed by atoms with Crippen molar-refractivity contribution in [3.05, 3.63) is 29.8 Å². The fourth-order valence-electron chi connectivity index (χ4n) is 8.66. The molecule has 0 bridgehead atoms. The van der Waals surface area contributed by atoms with E-state index in [1.54, 1.807) is 0 Å². The molecule has 0 aliphatic heterocycles. The summed E-state index contributed by atoms with van der Waals surface area (Å²) >= 11 is 0. The molecule has 1 aromatic carbocycles. The molecule has 0 heterocycles. The third-order valence-corrected chi connectivity index (χ3v) is 13.4. The lowest BCUT2D eigenvalue weighted by Crippen LogP contribution is -2.60. The molecule has 10 amide bonds. The number of benzene rings is 1. The van der Waals surface area contributed by atoms with E-state index >= 15 is 0 Å². The minimum Gasteiger partial charge on any atom is -0.508 e. The summed E-state index contributed by atoms with van der Waals surface area (Å²) in [6.45, 7) is 4.29. The minimum absolute atomic E-state index is 0.0169. The smallest absolute Gasteiger partial charge is 0.243 e. The van der Waals surface area contributed by atoms with Gasteiger partial charge in [0.1, 0.15) is 60.1 Å². The standard InChI is InChI=1S/C54H98N24O12/c1-29(70-44(84)34(71-31(3)80)14-8-24-66-51(58)59)43(83)77-40(28-32-18-20-33(81)21-19-32)50(90)76-38(16-10-26-68-53(62)63)48(88)74-37(15-9-25-67-52(60)61)47(87)73-35(12-4-6-22-55)45(85)72-36(13-5-7-23-56)46(86)75-39(17-11-27-69-54(64)65)49(89)78-41(30(2)79)42(57)82/h18-21,29-30,34-41,79,81H,4-17,22-28,55-56H2,1-3H3,(H2,57,82)(H,70,84)(H,71,80)(H,72,85)(H,73,87)(H,74,88)(H,75,86)(H,76,90)(H,77,83)(H,78,89)(H4,58,59,66)(H4,60,61,67)(H4,62,63,68)(H4,64,65,69)/t29-,30+,34-,35-,36-,37-,38-,39-,40-,41-/m0/s1. The minimum atomic E-state index is -1.54. The van der Waals surface area contributed by atoms with Gasteiger partial charge in [-0.15, -0.1) is 0 Å². The van der Waals surface area contributed by atoms with Crippen LogP contribution in [0.15, 0.2) is 44.2 Å². The fraction of sp³-hybridized carbons (Fsp3) is 0.630. The van der Waals surface area contributed by atoms with Gasteiger partial charge in [0.2, 0.25) is 59.1 Å². The second-order valence-electron chi connectivity index (χ2n) is 21.2. The van der Waals surface area contributed by atoms with Crippen molar-refractivity contribution in [2.75, 3.05) is 39.3 Å². The Hall–Kier alpha value is -9.32. The highest BCUT2D eigenvalue weighted by Crippen LogP contribution is 2.14. The first-order chi connectivity index (χ1) is 42.5. The maximum absolute atomic E-state index is 14.7. The number of nitrogens with zero attached hydrogens (tertiary/aromatic N) is 4. The molecule has 0 radical (unpaired) electrons. The van der Waals surface area contributed by atoms with Crippen molar-refractivity contribution < 1.29 is 58.2 Å². The van der Waals surface area contributed by atoms with Crippen LogP contribution in [0.1, 0.15) is 116 Å². The average molecular weight is 1280 g/mol. The lowest BCUT2D eigenvalue weighted by atomic mass is 10.0. The van der Waals surface area contributed by atoms with Gasteiger partial charge in [-0.05, 0) is 135 Å². The predicted molar refractivity (Wildman–Crippen MR) is 337 cm³/mol. The molecule has 0 unspecified atom stereocenters. The van der Waals surface area contributed by atoms with Crippen LogP contribution in [0.4, 0.5) is 0 Å². The summed E-state index contributed by atoms with van der Waals surface area (Å²) in [5, 5.41) is 43.5. The molecular formula is C54H98N24O12. The Kier molecular flexibility index (Phi) is 37.9. The van der Waals surface area contributed by atoms with Crippen molar-refractivity contribution >= 4 is 82.9 Å². The SMILES string of the molecule is CC(=O)N[C@@H](CCCN=C(N)N)C(=O)N[C@@H](C)C(=O)N[C@@H](Cc1ccc(O)cc1)C(=O)N[C@@H](CCCN=C(N)N)C(=O)N[C@@H](CCCN=C(N)N)C(=O)N[C@@H](CCCCN)C(=O)N[C@@H](CCCCN)C(=O)N[C@@H](CCCN=C(N)N)C(=O)N[C@H](C(N)=O)[C@@H](C)O. The summed E-state index contributed by atoms with van der Waals surface area (Å²) in [5.74, 6) is -9.61. The third-order valence-electron chi connectivity index (χ3n) is 13.4. The molecule has 0 saturated carbocycles. The molecule has 0 aliphatic rings. The first-order valence-electron chi connectivity index (χ1n) is 29.6. The number of rotatable bonds is 45. The van der Waals surface area contributed by atoms with Gasteiger partial charge in [0.05, 0.1) is 6.10 Å². The zero-order valence-electron chi connectivity index (χ0n) is 51.5. The highest BCUT2D eigenvalue weighted by molar-refractivity contribution is 5.98. The topological polar surface area (TPSA) is 655 Å². The van der Waals surface area contributed by atoms with Crippen LogP contribution in [0.5, 0.6) is 5.75 Å². The van der Waals surface area contributed by atoms with E-state index < -0.39 is 120 Å². The number of unbranched alkanes of at least 4 members (excludes halogenated alkanes) is 2. The highest BCUT2D eigenvalue weighted by Gasteiger charge is 2.35. The average Bonchev–Trinajstić information content (AvgIpc) is 2.49. The molecule has 1 rings (SSSR count). The zero-order chi connectivity index (χ0) is 67.9. The van der Waals surface area contributed by atoms with Gasteiger partial charge in [-0.2, -0.15) is 0 Å². The van der Waals surface area contributed by atoms with Gasteiger partial charge in [0, 0.05) is 39.5 Å². The lowest BCUT2D eigenvalue weighted by molar-refractivity contribution is -0.136. The van der Waals surface area contributed by atoms with Gasteiger partial charge in [0.15, 0.2) is 23.8 Å². The van der Waals surface area contributed by atoms with Crippen molar-refractivity contribution in [2.45, 2.75) is 178 Å². The lowest BCUT2D eigenvalue weighted by Gasteiger charge is -2.28. The first kappa shape index (κ1) is 78.7. The van der Waals surface area contributed by atoms with E-state index in [9.17, 15) is 58.2 Å². The second kappa shape index (κ2) is 43.3. The van der Waals surface area contributed by atoms with E-state index in [0.717, 1.165) is 0 Å². The third kappa shape index (κ3) is 33.7. The number of aliphatic hydroxyl groups is 1. The Labute approximate surface area is 522 Å². The van der Waals surface area contributed by atoms with Crippen LogP contribution in [0.2, 0.25) is 0 Å². The fourth-order valence-corrected chi connectivity index (χ4v) is 8.66. The number of carbonyl (C=O) groups excluding carboxylic acids is 10. The number of aliphatic hydroxyl groups excluding tert-OH is 1. The number of carbonyl (C=O) groups is 10. The molecule has 0 spiro atoms. The number of hydrogen-bond acceptors (Lipinski definition) is 18. The Morgan fingerprint density at radius 2 is 0.689 bits per heavy atom. The highest BCUT2D eigenvalue weighted by atomic mass is 16.3. The quantitative estimate of drug-likeness (QED) is 0.0164. The van der Waals surface area contributed by atoms with Gasteiger partial charge in [0.25, 0.3) is 0 Å². The molecule has 0 aliphatic carbocycles. The molecule has 10 atom stereocenters. The summed E-state index contributed by atoms with van der Waals surface area (Å²) in [6.07, 6.45) is -0.118. The van der Waals surface area contributed by atoms with Crippen LogP contribution < -0.4 is 111 Å². The zero-order valence-corrected chi connectivity index (χ0v) is 51.5. The van der Waals surface area contributed by atoms with Crippen LogP contribution in [0.3, 0.4) is 0 Å². The monoisotopic (exact) mass is 1270 g/mol. The Bertz CT molecular complexity index is 2590. The summed E-state index contributed by atoms with van der Waals surface area (Å²) in [7, 11) is 0. The Morgan fingerprint density at radius 1 is 0.400 bits per heavy atom. The van der Waals surface area contributed by atoms with E-state index in [-0.39, 0.29) is 146 Å². The number of nitrogens with two attached hydrogens (primary N) is 11. The van der Waals surface area contributed by atoms with E-state index in [1.165, 1.54) is 45.0 Å². The second-order valence-corrected chi connectivity index (χ2v) is 21.2. The van der Waals surface area contributed by atoms with Crippen molar-refractivity contribution in [1.29, 1.82) is 0 Å². The van der Waals surface area contributed by atoms with Gasteiger partial charge in [-0.3, -0.25) is 67.9 Å². The van der Waals surface area contributed by atoms with Crippen LogP contribution in [-0.2, 0) is 54.4 Å². The van der Waals surface area contributed by atoms with E-state index in [2.05, 4.69) is 67.8 Å². The summed E-state index contributed by atoms with van der Waals surface area (Å²) in [6, 6.07) is -6.88. The molecule has 33 N–H and O–H groups in total. The normalized spacial score (nSPS) is 14.2. The summed E-state index contributed by atoms with van der Waals surface area (Å²) < 4.78 is 0. The van der Waals surface area contributed by atoms with Crippen molar-refractivity contribution in [1.82, 2.24) is 47.9 Å². The van der Waals surface area contributed by atoms with Gasteiger partial charge in [-0.25, -0.2) is 0 Å². The summed E-state index contributed by atoms with van der Waals surface area (Å²) in [5.41, 5.74) is 61.5. The Morgan fingerprint density at radius 3 is 0.989 bits per heavy atom. The molecule has 36 heteroatoms. The molecule has 0 saturated heterocycles. The number of aromatic hydroxyl groups is 1. The molecule has 0 fully saturated rings. The number of primary amides is 1. The van der Waals surface area contributed by atoms with Crippen LogP contribution in [0.25, 0.3) is 0 Å². The van der Waals surface area contributed by atoms with Crippen molar-refractivity contribution in [3.63, 3.8) is 0 Å². The maximum Gasteiger partial charge on any atom is 0.243 e. The molecule has 36 nitrogen and oxygen atoms in total. The van der Waals surface area contributed by atoms with E-state index in [0.29, 0.717) is 24.8 Å². The molecule has 90 heavy (non-hydrogen) atoms. The van der Waals surface area contributed by atoms with Crippen LogP contribution in [-0.4, -0.2) is 193 Å². The number of aliphatic imine (C=N–C) groups is 4. The number of guanidine groups is 4. The van der Waals surface area contributed by atoms with Crippen LogP contribution >= 0.6 is 0 Å². The van der Waals surface area contributed by atoms with Gasteiger partial charge in [-0.1, -0.05) is 12.1 Å². The summed E-state index contributed by atoms with van der Waals surface area (Å²) in [4.78, 5) is 153. The van der Waals surface area contributed by atoms with Crippen LogP contribution in [0, 0.1) is 0 Å². The number of phenolic OH excluding ortho intramolecular Hbond substituents is 1. The van der Waals surface area contributed by atoms with E-state index in [1.807, 2.05) is 0 Å². The maximum atomic E-state index is 14.7. The van der Waals surface area contributed by atoms with Gasteiger partial charge < -0.3 is 121 Å². The molecule has 506 valence electrons. The van der Waals surface area contributed by atoms with Crippen molar-refractivity contribution in [3.8, 4) is 5.75 Å². The molecule has 0 aromatic heterocycles. The number of hydrogen-bond donors (Lipinski definition) is 22. The van der Waals surface area contributed by atoms with E-state index in [4.69, 9.17) is 63.1 Å². The largest absolute Gasteiger partial charge is 0.508 e. The predicted octanol–water partition coefficient (Wildman–Crippen LogP) is -8.32. The Balaban J connectivity index is 3.80. The molecule has 1 aromatic rings.